The molecule has 1 aliphatic heterocycles. The molecule has 0 spiro atoms. The summed E-state index contributed by atoms with van der Waals surface area (Å²) < 4.78 is 5.56. The summed E-state index contributed by atoms with van der Waals surface area (Å²) in [6, 6.07) is 12.3. The summed E-state index contributed by atoms with van der Waals surface area (Å²) >= 11 is 0. The van der Waals surface area contributed by atoms with Crippen LogP contribution in [0.1, 0.15) is 30.2 Å². The molecule has 5 rings (SSSR count). The summed E-state index contributed by atoms with van der Waals surface area (Å²) in [7, 11) is 0. The maximum atomic E-state index is 5.56. The van der Waals surface area contributed by atoms with Gasteiger partial charge in [-0.3, -0.25) is 4.98 Å². The Morgan fingerprint density at radius 2 is 1.89 bits per heavy atom. The average Bonchev–Trinajstić information content (AvgIpc) is 3.41. The molecule has 1 aromatic carbocycles. The van der Waals surface area contributed by atoms with E-state index in [1.807, 2.05) is 12.1 Å². The van der Waals surface area contributed by atoms with Gasteiger partial charge < -0.3 is 14.4 Å². The molecule has 1 aliphatic rings. The lowest BCUT2D eigenvalue weighted by Gasteiger charge is -2.30. The van der Waals surface area contributed by atoms with Crippen molar-refractivity contribution in [3.8, 4) is 11.4 Å². The highest BCUT2D eigenvalue weighted by atomic mass is 16.5. The fourth-order valence-corrected chi connectivity index (χ4v) is 4.04. The number of hydrogen-bond donors (Lipinski definition) is 1. The molecule has 142 valence electrons. The maximum Gasteiger partial charge on any atom is 0.230 e. The predicted molar refractivity (Wildman–Crippen MR) is 108 cm³/mol. The Kier molecular flexibility index (Phi) is 4.62. The Labute approximate surface area is 163 Å². The molecule has 0 atom stereocenters. The van der Waals surface area contributed by atoms with E-state index in [9.17, 15) is 0 Å². The molecular formula is C22H23N5O. The molecule has 4 heterocycles. The summed E-state index contributed by atoms with van der Waals surface area (Å²) in [6.07, 6.45) is 8.84. The van der Waals surface area contributed by atoms with Crippen molar-refractivity contribution < 1.29 is 4.52 Å². The number of benzene rings is 1. The molecule has 1 N–H and O–H groups in total. The first-order valence-electron chi connectivity index (χ1n) is 9.88. The minimum absolute atomic E-state index is 0.354. The van der Waals surface area contributed by atoms with Crippen molar-refractivity contribution in [2.75, 3.05) is 19.6 Å². The number of piperidine rings is 1. The van der Waals surface area contributed by atoms with Gasteiger partial charge >= 0.3 is 0 Å². The molecule has 1 fully saturated rings. The molecule has 1 saturated heterocycles. The van der Waals surface area contributed by atoms with Crippen LogP contribution in [0.2, 0.25) is 0 Å². The third kappa shape index (κ3) is 3.43. The number of hydrogen-bond acceptors (Lipinski definition) is 5. The number of nitrogens with zero attached hydrogens (tertiary/aromatic N) is 4. The zero-order valence-corrected chi connectivity index (χ0v) is 15.7. The fourth-order valence-electron chi connectivity index (χ4n) is 4.04. The number of rotatable bonds is 5. The van der Waals surface area contributed by atoms with Gasteiger partial charge in [0.2, 0.25) is 11.7 Å². The van der Waals surface area contributed by atoms with Gasteiger partial charge in [0, 0.05) is 47.5 Å². The minimum atomic E-state index is 0.354. The average molecular weight is 373 g/mol. The van der Waals surface area contributed by atoms with E-state index in [1.165, 1.54) is 16.5 Å². The number of H-pyrrole nitrogens is 1. The summed E-state index contributed by atoms with van der Waals surface area (Å²) in [5.74, 6) is 1.77. The molecule has 28 heavy (non-hydrogen) atoms. The Bertz CT molecular complexity index is 1050. The van der Waals surface area contributed by atoms with E-state index in [2.05, 4.69) is 55.5 Å². The third-order valence-corrected chi connectivity index (χ3v) is 5.69. The van der Waals surface area contributed by atoms with Crippen LogP contribution in [0.4, 0.5) is 0 Å². The Morgan fingerprint density at radius 3 is 2.75 bits per heavy atom. The van der Waals surface area contributed by atoms with Crippen LogP contribution in [-0.2, 0) is 6.42 Å². The van der Waals surface area contributed by atoms with E-state index in [0.29, 0.717) is 11.7 Å². The normalized spacial score (nSPS) is 16.0. The van der Waals surface area contributed by atoms with Gasteiger partial charge in [-0.25, -0.2) is 0 Å². The zero-order valence-electron chi connectivity index (χ0n) is 15.7. The predicted octanol–water partition coefficient (Wildman–Crippen LogP) is 4.04. The topological polar surface area (TPSA) is 70.8 Å². The second kappa shape index (κ2) is 7.56. The first-order valence-corrected chi connectivity index (χ1v) is 9.88. The van der Waals surface area contributed by atoms with Crippen molar-refractivity contribution in [3.63, 3.8) is 0 Å². The van der Waals surface area contributed by atoms with Crippen LogP contribution in [0, 0.1) is 0 Å². The van der Waals surface area contributed by atoms with Gasteiger partial charge in [0.05, 0.1) is 0 Å². The highest BCUT2D eigenvalue weighted by molar-refractivity contribution is 5.83. The lowest BCUT2D eigenvalue weighted by Crippen LogP contribution is -2.34. The van der Waals surface area contributed by atoms with Gasteiger partial charge in [0.25, 0.3) is 0 Å². The summed E-state index contributed by atoms with van der Waals surface area (Å²) in [6.45, 7) is 3.22. The van der Waals surface area contributed by atoms with Crippen molar-refractivity contribution in [2.24, 2.45) is 0 Å². The molecule has 0 bridgehead atoms. The molecule has 0 saturated carbocycles. The molecular weight excluding hydrogens is 350 g/mol. The maximum absolute atomic E-state index is 5.56. The largest absolute Gasteiger partial charge is 0.361 e. The van der Waals surface area contributed by atoms with Gasteiger partial charge in [-0.2, -0.15) is 4.98 Å². The monoisotopic (exact) mass is 373 g/mol. The highest BCUT2D eigenvalue weighted by Crippen LogP contribution is 2.28. The SMILES string of the molecule is c1ccc2c(CCN3CCC(c4nc(-c5ccncc5)no4)CC3)c[nH]c2c1. The molecule has 0 unspecified atom stereocenters. The minimum Gasteiger partial charge on any atom is -0.361 e. The Morgan fingerprint density at radius 1 is 1.07 bits per heavy atom. The van der Waals surface area contributed by atoms with Crippen LogP contribution < -0.4 is 0 Å². The highest BCUT2D eigenvalue weighted by Gasteiger charge is 2.25. The number of pyridine rings is 1. The van der Waals surface area contributed by atoms with E-state index >= 15 is 0 Å². The van der Waals surface area contributed by atoms with Gasteiger partial charge in [-0.05, 0) is 56.1 Å². The standard InChI is InChI=1S/C22H23N5O/c1-2-4-20-19(3-1)18(15-24-20)9-14-27-12-7-17(8-13-27)22-25-21(26-28-22)16-5-10-23-11-6-16/h1-6,10-11,15,17,24H,7-9,12-14H2. The molecule has 3 aromatic heterocycles. The lowest BCUT2D eigenvalue weighted by atomic mass is 9.96. The van der Waals surface area contributed by atoms with Gasteiger partial charge in [0.15, 0.2) is 0 Å². The molecule has 0 aliphatic carbocycles. The van der Waals surface area contributed by atoms with E-state index in [1.54, 1.807) is 12.4 Å². The van der Waals surface area contributed by atoms with E-state index in [4.69, 9.17) is 4.52 Å². The van der Waals surface area contributed by atoms with Gasteiger partial charge in [0.1, 0.15) is 0 Å². The number of likely N-dealkylation sites (tertiary alicyclic amines) is 1. The number of aromatic nitrogens is 4. The van der Waals surface area contributed by atoms with Crippen molar-refractivity contribution in [1.29, 1.82) is 0 Å². The van der Waals surface area contributed by atoms with Crippen LogP contribution in [0.25, 0.3) is 22.3 Å². The van der Waals surface area contributed by atoms with Crippen LogP contribution >= 0.6 is 0 Å². The smallest absolute Gasteiger partial charge is 0.230 e. The molecule has 4 aromatic rings. The van der Waals surface area contributed by atoms with Crippen molar-refractivity contribution >= 4 is 10.9 Å². The van der Waals surface area contributed by atoms with Crippen LogP contribution in [0.3, 0.4) is 0 Å². The third-order valence-electron chi connectivity index (χ3n) is 5.69. The Balaban J connectivity index is 1.17. The van der Waals surface area contributed by atoms with Gasteiger partial charge in [-0.1, -0.05) is 23.4 Å². The second-order valence-electron chi connectivity index (χ2n) is 7.42. The number of fused-ring (bicyclic) bond motifs is 1. The first kappa shape index (κ1) is 17.1. The van der Waals surface area contributed by atoms with Crippen molar-refractivity contribution in [2.45, 2.75) is 25.2 Å². The number of para-hydroxylation sites is 1. The zero-order chi connectivity index (χ0) is 18.8. The second-order valence-corrected chi connectivity index (χ2v) is 7.42. The van der Waals surface area contributed by atoms with Gasteiger partial charge in [-0.15, -0.1) is 0 Å². The molecule has 0 amide bonds. The summed E-state index contributed by atoms with van der Waals surface area (Å²) in [5.41, 5.74) is 3.57. The fraction of sp³-hybridized carbons (Fsp3) is 0.318. The lowest BCUT2D eigenvalue weighted by molar-refractivity contribution is 0.196. The van der Waals surface area contributed by atoms with E-state index < -0.39 is 0 Å². The van der Waals surface area contributed by atoms with Crippen molar-refractivity contribution in [3.05, 3.63) is 66.4 Å². The van der Waals surface area contributed by atoms with Crippen LogP contribution in [0.5, 0.6) is 0 Å². The van der Waals surface area contributed by atoms with Crippen LogP contribution in [-0.4, -0.2) is 44.6 Å². The van der Waals surface area contributed by atoms with Crippen LogP contribution in [0.15, 0.2) is 59.5 Å². The number of aromatic amines is 1. The van der Waals surface area contributed by atoms with E-state index in [-0.39, 0.29) is 0 Å². The summed E-state index contributed by atoms with van der Waals surface area (Å²) in [5, 5.41) is 5.49. The molecule has 6 heteroatoms. The first-order chi connectivity index (χ1) is 13.9. The quantitative estimate of drug-likeness (QED) is 0.572. The van der Waals surface area contributed by atoms with E-state index in [0.717, 1.165) is 50.4 Å². The van der Waals surface area contributed by atoms with Crippen molar-refractivity contribution in [1.82, 2.24) is 25.0 Å². The molecule has 6 nitrogen and oxygen atoms in total. The number of nitrogens with one attached hydrogen (secondary N) is 1. The summed E-state index contributed by atoms with van der Waals surface area (Å²) in [4.78, 5) is 14.6. The molecule has 0 radical (unpaired) electrons. The Hall–Kier alpha value is -2.99.